The molecule has 2 aliphatic heterocycles. The number of hydrogen-bond donors (Lipinski definition) is 1. The molecule has 2 bridgehead atoms. The molecule has 2 heterocycles. The predicted octanol–water partition coefficient (Wildman–Crippen LogP) is 4.28. The van der Waals surface area contributed by atoms with Crippen LogP contribution in [-0.2, 0) is 15.1 Å². The summed E-state index contributed by atoms with van der Waals surface area (Å²) in [7, 11) is 4.43. The summed E-state index contributed by atoms with van der Waals surface area (Å²) in [5, 5.41) is 11.9. The molecule has 1 N–H and O–H groups in total. The fourth-order valence-corrected chi connectivity index (χ4v) is 5.82. The molecule has 0 spiro atoms. The Hall–Kier alpha value is -1.24. The van der Waals surface area contributed by atoms with Gasteiger partial charge in [-0.15, -0.1) is 0 Å². The summed E-state index contributed by atoms with van der Waals surface area (Å²) in [4.78, 5) is 13.3. The summed E-state index contributed by atoms with van der Waals surface area (Å²) in [5.74, 6) is -4.57. The van der Waals surface area contributed by atoms with Crippen LogP contribution >= 0.6 is 11.6 Å². The fraction of sp³-hybridized carbons (Fsp3) is 0.682. The molecule has 4 rings (SSSR count). The summed E-state index contributed by atoms with van der Waals surface area (Å²) < 4.78 is 34.6. The topological polar surface area (TPSA) is 46.5 Å². The lowest BCUT2D eigenvalue weighted by molar-refractivity contribution is -0.931. The number of esters is 1. The molecule has 2 saturated heterocycles. The minimum absolute atomic E-state index is 0.0705. The monoisotopic (exact) mass is 428 g/mol. The lowest BCUT2D eigenvalue weighted by Gasteiger charge is -2.44. The van der Waals surface area contributed by atoms with Gasteiger partial charge in [-0.25, -0.2) is 13.6 Å². The SMILES string of the molecule is C[N+]1(C)C2CCC1CC(OC(=O)[C@](O)(c1ccc(Cl)cc1)[C@@H]1CCC(F)(F)C1)C2. The van der Waals surface area contributed by atoms with Crippen LogP contribution in [0.1, 0.15) is 50.5 Å². The molecule has 3 fully saturated rings. The summed E-state index contributed by atoms with van der Waals surface area (Å²) in [6.45, 7) is 0. The van der Waals surface area contributed by atoms with Gasteiger partial charge >= 0.3 is 5.97 Å². The van der Waals surface area contributed by atoms with Gasteiger partial charge in [-0.05, 0) is 24.1 Å². The molecule has 0 amide bonds. The highest BCUT2D eigenvalue weighted by molar-refractivity contribution is 6.30. The largest absolute Gasteiger partial charge is 0.459 e. The highest BCUT2D eigenvalue weighted by atomic mass is 35.5. The molecule has 1 aromatic rings. The van der Waals surface area contributed by atoms with E-state index in [4.69, 9.17) is 16.3 Å². The molecular weight excluding hydrogens is 400 g/mol. The van der Waals surface area contributed by atoms with Crippen LogP contribution in [0.4, 0.5) is 8.78 Å². The number of piperidine rings is 1. The molecule has 3 aliphatic rings. The molecule has 0 aromatic heterocycles. The van der Waals surface area contributed by atoms with E-state index in [-0.39, 0.29) is 24.5 Å². The van der Waals surface area contributed by atoms with E-state index >= 15 is 0 Å². The van der Waals surface area contributed by atoms with Crippen molar-refractivity contribution in [3.05, 3.63) is 34.9 Å². The standard InChI is InChI=1S/C22H29ClF2NO3/c1-26(2)17-7-8-18(26)12-19(11-17)29-20(27)22(28,14-3-5-16(23)6-4-14)15-9-10-21(24,25)13-15/h3-6,15,17-19,28H,7-13H2,1-2H3/q+1/t15-,17?,18?,19?,22+/m1/s1. The van der Waals surface area contributed by atoms with Gasteiger partial charge in [0.05, 0.1) is 26.2 Å². The van der Waals surface area contributed by atoms with Crippen LogP contribution in [0.15, 0.2) is 24.3 Å². The summed E-state index contributed by atoms with van der Waals surface area (Å²) in [5.41, 5.74) is -1.82. The third-order valence-corrected chi connectivity index (χ3v) is 7.90. The van der Waals surface area contributed by atoms with Crippen LogP contribution in [0, 0.1) is 5.92 Å². The maximum absolute atomic E-state index is 13.9. The van der Waals surface area contributed by atoms with E-state index in [1.807, 2.05) is 0 Å². The second-order valence-corrected chi connectivity index (χ2v) is 10.0. The molecule has 4 atom stereocenters. The first kappa shape index (κ1) is 21.0. The lowest BCUT2D eigenvalue weighted by atomic mass is 9.80. The average Bonchev–Trinajstić information content (AvgIpc) is 3.04. The highest BCUT2D eigenvalue weighted by Crippen LogP contribution is 2.49. The maximum atomic E-state index is 13.9. The first-order chi connectivity index (χ1) is 13.5. The van der Waals surface area contributed by atoms with Gasteiger partial charge in [0.15, 0.2) is 5.60 Å². The number of alkyl halides is 2. The van der Waals surface area contributed by atoms with E-state index in [2.05, 4.69) is 14.1 Å². The number of nitrogens with zero attached hydrogens (tertiary/aromatic N) is 1. The van der Waals surface area contributed by atoms with E-state index in [0.717, 1.165) is 30.2 Å². The number of aliphatic hydroxyl groups is 1. The number of carbonyl (C=O) groups excluding carboxylic acids is 1. The third-order valence-electron chi connectivity index (χ3n) is 7.65. The number of halogens is 3. The molecule has 160 valence electrons. The van der Waals surface area contributed by atoms with Crippen LogP contribution in [0.3, 0.4) is 0 Å². The summed E-state index contributed by atoms with van der Waals surface area (Å²) in [6, 6.07) is 7.03. The number of rotatable bonds is 4. The van der Waals surface area contributed by atoms with E-state index in [9.17, 15) is 18.7 Å². The van der Waals surface area contributed by atoms with Gasteiger partial charge in [-0.1, -0.05) is 23.7 Å². The van der Waals surface area contributed by atoms with Crippen molar-refractivity contribution < 1.29 is 27.9 Å². The van der Waals surface area contributed by atoms with E-state index in [1.54, 1.807) is 12.1 Å². The number of carbonyl (C=O) groups is 1. The average molecular weight is 429 g/mol. The first-order valence-corrected chi connectivity index (χ1v) is 10.8. The van der Waals surface area contributed by atoms with Gasteiger partial charge in [-0.3, -0.25) is 0 Å². The number of quaternary nitrogens is 1. The molecule has 1 aliphatic carbocycles. The van der Waals surface area contributed by atoms with Crippen LogP contribution in [0.2, 0.25) is 5.02 Å². The molecule has 4 nitrogen and oxygen atoms in total. The Morgan fingerprint density at radius 1 is 1.17 bits per heavy atom. The molecule has 1 aromatic carbocycles. The van der Waals surface area contributed by atoms with Crippen LogP contribution < -0.4 is 0 Å². The van der Waals surface area contributed by atoms with Gasteiger partial charge in [0.25, 0.3) is 0 Å². The number of hydrogen-bond acceptors (Lipinski definition) is 3. The second-order valence-electron chi connectivity index (χ2n) is 9.58. The predicted molar refractivity (Wildman–Crippen MR) is 106 cm³/mol. The zero-order valence-corrected chi connectivity index (χ0v) is 17.7. The van der Waals surface area contributed by atoms with Gasteiger partial charge in [0, 0.05) is 49.5 Å². The molecule has 7 heteroatoms. The second kappa shape index (κ2) is 7.17. The Kier molecular flexibility index (Phi) is 5.20. The minimum Gasteiger partial charge on any atom is -0.459 e. The normalized spacial score (nSPS) is 34.6. The zero-order valence-electron chi connectivity index (χ0n) is 16.9. The van der Waals surface area contributed by atoms with Crippen molar-refractivity contribution in [1.82, 2.24) is 0 Å². The smallest absolute Gasteiger partial charge is 0.343 e. The van der Waals surface area contributed by atoms with Crippen molar-refractivity contribution in [2.45, 2.75) is 74.7 Å². The Bertz CT molecular complexity index is 769. The van der Waals surface area contributed by atoms with Gasteiger partial charge in [0.2, 0.25) is 5.92 Å². The number of ether oxygens (including phenoxy) is 1. The Balaban J connectivity index is 1.58. The molecule has 1 saturated carbocycles. The highest BCUT2D eigenvalue weighted by Gasteiger charge is 2.56. The van der Waals surface area contributed by atoms with Crippen LogP contribution in [-0.4, -0.2) is 53.8 Å². The molecular formula is C22H29ClF2NO3+. The number of benzene rings is 1. The zero-order chi connectivity index (χ0) is 21.0. The van der Waals surface area contributed by atoms with Gasteiger partial charge < -0.3 is 14.3 Å². The van der Waals surface area contributed by atoms with E-state index < -0.39 is 29.8 Å². The van der Waals surface area contributed by atoms with Gasteiger partial charge in [-0.2, -0.15) is 0 Å². The fourth-order valence-electron chi connectivity index (χ4n) is 5.70. The molecule has 2 unspecified atom stereocenters. The van der Waals surface area contributed by atoms with E-state index in [0.29, 0.717) is 17.1 Å². The molecule has 0 radical (unpaired) electrons. The summed E-state index contributed by atoms with van der Waals surface area (Å²) >= 11 is 5.95. The Labute approximate surface area is 175 Å². The van der Waals surface area contributed by atoms with Crippen molar-refractivity contribution in [3.63, 3.8) is 0 Å². The van der Waals surface area contributed by atoms with E-state index in [1.165, 1.54) is 12.1 Å². The minimum atomic E-state index is -2.88. The third kappa shape index (κ3) is 3.68. The van der Waals surface area contributed by atoms with Crippen molar-refractivity contribution >= 4 is 17.6 Å². The van der Waals surface area contributed by atoms with Crippen LogP contribution in [0.5, 0.6) is 0 Å². The van der Waals surface area contributed by atoms with Crippen molar-refractivity contribution in [3.8, 4) is 0 Å². The number of fused-ring (bicyclic) bond motifs is 2. The van der Waals surface area contributed by atoms with Crippen molar-refractivity contribution in [2.24, 2.45) is 5.92 Å². The van der Waals surface area contributed by atoms with Crippen molar-refractivity contribution in [2.75, 3.05) is 14.1 Å². The first-order valence-electron chi connectivity index (χ1n) is 10.4. The maximum Gasteiger partial charge on any atom is 0.343 e. The van der Waals surface area contributed by atoms with Crippen LogP contribution in [0.25, 0.3) is 0 Å². The summed E-state index contributed by atoms with van der Waals surface area (Å²) in [6.07, 6.45) is 2.61. The quantitative estimate of drug-likeness (QED) is 0.575. The Morgan fingerprint density at radius 2 is 1.76 bits per heavy atom. The Morgan fingerprint density at radius 3 is 2.28 bits per heavy atom. The lowest BCUT2D eigenvalue weighted by Crippen LogP contribution is -2.57. The van der Waals surface area contributed by atoms with Crippen molar-refractivity contribution in [1.29, 1.82) is 0 Å². The van der Waals surface area contributed by atoms with Gasteiger partial charge in [0.1, 0.15) is 6.10 Å². The molecule has 29 heavy (non-hydrogen) atoms.